The number of ether oxygens (including phenoxy) is 1. The molecule has 10 heteroatoms. The Hall–Kier alpha value is -3.91. The van der Waals surface area contributed by atoms with Gasteiger partial charge in [0.2, 0.25) is 0 Å². The van der Waals surface area contributed by atoms with Gasteiger partial charge in [-0.15, -0.1) is 0 Å². The van der Waals surface area contributed by atoms with Crippen molar-refractivity contribution in [2.24, 2.45) is 4.99 Å². The van der Waals surface area contributed by atoms with Crippen LogP contribution in [0.15, 0.2) is 86.6 Å². The average Bonchev–Trinajstić information content (AvgIpc) is 3.45. The number of anilines is 3. The van der Waals surface area contributed by atoms with Crippen molar-refractivity contribution in [1.82, 2.24) is 4.90 Å². The minimum atomic E-state index is -0.0883. The van der Waals surface area contributed by atoms with E-state index in [4.69, 9.17) is 9.73 Å². The molecule has 2 aliphatic heterocycles. The highest BCUT2D eigenvalue weighted by Gasteiger charge is 2.39. The number of nitrogens with one attached hydrogen (secondary N) is 2. The van der Waals surface area contributed by atoms with Crippen LogP contribution in [0.25, 0.3) is 0 Å². The monoisotopic (exact) mass is 570 g/mol. The highest BCUT2D eigenvalue weighted by Crippen LogP contribution is 2.51. The molecule has 0 bridgehead atoms. The fraction of sp³-hybridized carbons (Fsp3) is 0.233. The molecule has 2 aliphatic rings. The normalized spacial score (nSPS) is 17.4. The largest absolute Gasteiger partial charge is 0.384 e. The number of hydrogen-bond acceptors (Lipinski definition) is 9. The second-order valence-electron chi connectivity index (χ2n) is 9.14. The van der Waals surface area contributed by atoms with Crippen molar-refractivity contribution >= 4 is 57.3 Å². The molecule has 5 rings (SSSR count). The Morgan fingerprint density at radius 1 is 1.05 bits per heavy atom. The summed E-state index contributed by atoms with van der Waals surface area (Å²) in [4.78, 5) is 24.5. The molecule has 1 amide bonds. The van der Waals surface area contributed by atoms with Crippen LogP contribution in [0.5, 0.6) is 0 Å². The molecule has 0 aliphatic carbocycles. The third kappa shape index (κ3) is 5.82. The number of methoxy groups -OCH3 is 1. The van der Waals surface area contributed by atoms with Gasteiger partial charge in [0.25, 0.3) is 5.91 Å². The minimum Gasteiger partial charge on any atom is -0.384 e. The van der Waals surface area contributed by atoms with E-state index >= 15 is 0 Å². The Bertz CT molecular complexity index is 1520. The van der Waals surface area contributed by atoms with Crippen LogP contribution in [0.4, 0.5) is 22.7 Å². The molecule has 1 saturated heterocycles. The Kier molecular flexibility index (Phi) is 8.65. The summed E-state index contributed by atoms with van der Waals surface area (Å²) in [5, 5.41) is 17.6. The van der Waals surface area contributed by atoms with Crippen LogP contribution in [0.3, 0.4) is 0 Å². The zero-order valence-corrected chi connectivity index (χ0v) is 24.2. The molecular formula is C30H30N6O2S2. The van der Waals surface area contributed by atoms with Crippen LogP contribution < -0.4 is 15.5 Å². The molecule has 204 valence electrons. The van der Waals surface area contributed by atoms with E-state index in [9.17, 15) is 10.1 Å². The van der Waals surface area contributed by atoms with E-state index in [1.54, 1.807) is 35.9 Å². The van der Waals surface area contributed by atoms with Crippen LogP contribution in [0.2, 0.25) is 0 Å². The maximum atomic E-state index is 14.0. The summed E-state index contributed by atoms with van der Waals surface area (Å²) >= 11 is 2.96. The predicted molar refractivity (Wildman–Crippen MR) is 165 cm³/mol. The molecule has 40 heavy (non-hydrogen) atoms. The molecule has 2 N–H and O–H groups in total. The van der Waals surface area contributed by atoms with Crippen molar-refractivity contribution < 1.29 is 9.53 Å². The first-order chi connectivity index (χ1) is 19.5. The highest BCUT2D eigenvalue weighted by molar-refractivity contribution is 8.19. The van der Waals surface area contributed by atoms with Crippen LogP contribution in [0.1, 0.15) is 18.1 Å². The number of carbonyl (C=O) groups excluding carboxylic acids is 1. The molecule has 2 heterocycles. The number of rotatable bonds is 9. The average molecular weight is 571 g/mol. The summed E-state index contributed by atoms with van der Waals surface area (Å²) in [6.45, 7) is 4.45. The van der Waals surface area contributed by atoms with Gasteiger partial charge in [-0.05, 0) is 60.6 Å². The lowest BCUT2D eigenvalue weighted by molar-refractivity contribution is -0.122. The number of nitrogens with zero attached hydrogens (tertiary/aromatic N) is 4. The van der Waals surface area contributed by atoms with Gasteiger partial charge in [0.1, 0.15) is 4.91 Å². The number of aliphatic imine (C=N–C) groups is 1. The van der Waals surface area contributed by atoms with Crippen LogP contribution in [0, 0.1) is 11.3 Å². The highest BCUT2D eigenvalue weighted by atomic mass is 32.2. The first-order valence-corrected chi connectivity index (χ1v) is 14.6. The molecule has 1 fully saturated rings. The lowest BCUT2D eigenvalue weighted by atomic mass is 10.2. The maximum absolute atomic E-state index is 14.0. The van der Waals surface area contributed by atoms with Crippen molar-refractivity contribution in [3.63, 3.8) is 0 Å². The van der Waals surface area contributed by atoms with Crippen molar-refractivity contribution in [2.45, 2.75) is 18.4 Å². The van der Waals surface area contributed by atoms with E-state index in [2.05, 4.69) is 33.7 Å². The van der Waals surface area contributed by atoms with E-state index in [0.717, 1.165) is 32.6 Å². The summed E-state index contributed by atoms with van der Waals surface area (Å²) < 4.78 is 5.15. The molecule has 3 aromatic carbocycles. The molecule has 0 aromatic heterocycles. The van der Waals surface area contributed by atoms with E-state index in [1.165, 1.54) is 11.8 Å². The van der Waals surface area contributed by atoms with E-state index in [-0.39, 0.29) is 5.91 Å². The zero-order valence-electron chi connectivity index (χ0n) is 22.6. The molecular weight excluding hydrogens is 541 g/mol. The summed E-state index contributed by atoms with van der Waals surface area (Å²) in [6, 6.07) is 23.7. The van der Waals surface area contributed by atoms with Crippen molar-refractivity contribution in [2.75, 3.05) is 49.4 Å². The number of fused-ring (bicyclic) bond motifs is 1. The van der Waals surface area contributed by atoms with Gasteiger partial charge in [-0.1, -0.05) is 42.1 Å². The zero-order chi connectivity index (χ0) is 28.1. The van der Waals surface area contributed by atoms with Gasteiger partial charge < -0.3 is 20.3 Å². The maximum Gasteiger partial charge on any atom is 0.269 e. The fourth-order valence-corrected chi connectivity index (χ4v) is 6.80. The fourth-order valence-electron chi connectivity index (χ4n) is 4.42. The summed E-state index contributed by atoms with van der Waals surface area (Å²) in [6.07, 6.45) is 0. The topological polar surface area (TPSA) is 93.0 Å². The first kappa shape index (κ1) is 27.6. The number of benzene rings is 3. The van der Waals surface area contributed by atoms with Crippen molar-refractivity contribution in [3.05, 3.63) is 87.8 Å². The number of amidine groups is 1. The predicted octanol–water partition coefficient (Wildman–Crippen LogP) is 6.22. The van der Waals surface area contributed by atoms with E-state index in [1.807, 2.05) is 56.4 Å². The van der Waals surface area contributed by atoms with Gasteiger partial charge >= 0.3 is 0 Å². The number of amides is 1. The number of hydrogen-bond donors (Lipinski definition) is 2. The number of carbonyl (C=O) groups is 1. The Morgan fingerprint density at radius 2 is 1.88 bits per heavy atom. The molecule has 0 spiro atoms. The number of nitriles is 1. The van der Waals surface area contributed by atoms with E-state index < -0.39 is 0 Å². The molecule has 0 saturated carbocycles. The van der Waals surface area contributed by atoms with E-state index in [0.29, 0.717) is 47.6 Å². The summed E-state index contributed by atoms with van der Waals surface area (Å²) in [7, 11) is 3.67. The third-order valence-electron chi connectivity index (χ3n) is 6.42. The first-order valence-electron chi connectivity index (χ1n) is 13.0. The quantitative estimate of drug-likeness (QED) is 0.231. The third-order valence-corrected chi connectivity index (χ3v) is 8.83. The van der Waals surface area contributed by atoms with Crippen LogP contribution in [-0.4, -0.2) is 49.8 Å². The lowest BCUT2D eigenvalue weighted by Gasteiger charge is -2.17. The molecule has 8 nitrogen and oxygen atoms in total. The van der Waals surface area contributed by atoms with Gasteiger partial charge in [0.05, 0.1) is 46.9 Å². The standard InChI is InChI=1S/C30H30N6O2S2/c1-4-32-23-12-10-21(18-31)16-24(23)34-30-36(19-20-8-6-5-7-9-20)28(37)27(40-30)29-35(2)25-13-11-22(17-26(25)39-29)33-14-15-38-3/h5-13,16-17,32-33H,4,14-15,19H2,1-3H3/b29-27-,34-30?. The SMILES string of the molecule is CCNc1ccc(C#N)cc1N=C1S/C(=C2\Sc3cc(NCCOC)ccc3N2C)C(=O)N1Cc1ccccc1. The summed E-state index contributed by atoms with van der Waals surface area (Å²) in [5.41, 5.74) is 5.03. The molecule has 0 unspecified atom stereocenters. The van der Waals surface area contributed by atoms with Gasteiger partial charge in [0.15, 0.2) is 5.17 Å². The summed E-state index contributed by atoms with van der Waals surface area (Å²) in [5.74, 6) is -0.0883. The molecule has 0 radical (unpaired) electrons. The van der Waals surface area contributed by atoms with Gasteiger partial charge in [0, 0.05) is 37.8 Å². The van der Waals surface area contributed by atoms with Gasteiger partial charge in [-0.3, -0.25) is 9.69 Å². The van der Waals surface area contributed by atoms with Crippen molar-refractivity contribution in [3.8, 4) is 6.07 Å². The Labute approximate surface area is 243 Å². The Morgan fingerprint density at radius 3 is 2.62 bits per heavy atom. The minimum absolute atomic E-state index is 0.0883. The van der Waals surface area contributed by atoms with Crippen LogP contribution in [-0.2, 0) is 16.1 Å². The molecule has 3 aromatic rings. The number of thioether (sulfide) groups is 2. The van der Waals surface area contributed by atoms with Gasteiger partial charge in [-0.25, -0.2) is 4.99 Å². The van der Waals surface area contributed by atoms with Crippen molar-refractivity contribution in [1.29, 1.82) is 5.26 Å². The second-order valence-corrected chi connectivity index (χ2v) is 11.2. The second kappa shape index (κ2) is 12.5. The molecule has 0 atom stereocenters. The Balaban J connectivity index is 1.53. The van der Waals surface area contributed by atoms with Gasteiger partial charge in [-0.2, -0.15) is 5.26 Å². The van der Waals surface area contributed by atoms with Crippen LogP contribution >= 0.6 is 23.5 Å². The smallest absolute Gasteiger partial charge is 0.269 e. The lowest BCUT2D eigenvalue weighted by Crippen LogP contribution is -2.29.